The lowest BCUT2D eigenvalue weighted by atomic mass is 10.0. The van der Waals surface area contributed by atoms with Gasteiger partial charge < -0.3 is 5.11 Å². The second-order valence-corrected chi connectivity index (χ2v) is 5.64. The van der Waals surface area contributed by atoms with Crippen molar-refractivity contribution in [3.63, 3.8) is 0 Å². The summed E-state index contributed by atoms with van der Waals surface area (Å²) >= 11 is 0. The topological polar surface area (TPSA) is 57.6 Å². The molecule has 3 rings (SSSR count). The van der Waals surface area contributed by atoms with Crippen LogP contribution in [0.4, 0.5) is 0 Å². The summed E-state index contributed by atoms with van der Waals surface area (Å²) in [6.07, 6.45) is -0.886. The highest BCUT2D eigenvalue weighted by atomic mass is 16.3. The monoisotopic (exact) mass is 295 g/mol. The number of nitrogens with zero attached hydrogens (tertiary/aromatic N) is 1. The molecule has 2 aromatic carbocycles. The van der Waals surface area contributed by atoms with E-state index >= 15 is 0 Å². The summed E-state index contributed by atoms with van der Waals surface area (Å²) in [6, 6.07) is 12.5. The van der Waals surface area contributed by atoms with Crippen LogP contribution in [0.1, 0.15) is 43.5 Å². The van der Waals surface area contributed by atoms with Crippen LogP contribution in [0.2, 0.25) is 0 Å². The van der Waals surface area contributed by atoms with Crippen molar-refractivity contribution in [3.8, 4) is 0 Å². The van der Waals surface area contributed by atoms with E-state index < -0.39 is 6.10 Å². The maximum absolute atomic E-state index is 12.3. The lowest BCUT2D eigenvalue weighted by molar-refractivity contribution is 0.0542. The molecule has 0 saturated heterocycles. The van der Waals surface area contributed by atoms with Crippen LogP contribution < -0.4 is 0 Å². The summed E-state index contributed by atoms with van der Waals surface area (Å²) in [7, 11) is 0. The zero-order valence-electron chi connectivity index (χ0n) is 12.5. The number of carbonyl (C=O) groups excluding carboxylic acids is 2. The van der Waals surface area contributed by atoms with Crippen LogP contribution >= 0.6 is 0 Å². The van der Waals surface area contributed by atoms with Crippen molar-refractivity contribution in [2.75, 3.05) is 6.54 Å². The quantitative estimate of drug-likeness (QED) is 0.886. The summed E-state index contributed by atoms with van der Waals surface area (Å²) in [6.45, 7) is 3.86. The predicted molar refractivity (Wildman–Crippen MR) is 82.7 cm³/mol. The Balaban J connectivity index is 1.85. The van der Waals surface area contributed by atoms with Crippen LogP contribution in [0.3, 0.4) is 0 Å². The van der Waals surface area contributed by atoms with E-state index in [0.29, 0.717) is 11.1 Å². The molecule has 1 heterocycles. The van der Waals surface area contributed by atoms with Gasteiger partial charge in [-0.05, 0) is 37.1 Å². The molecule has 22 heavy (non-hydrogen) atoms. The van der Waals surface area contributed by atoms with Crippen molar-refractivity contribution < 1.29 is 14.7 Å². The van der Waals surface area contributed by atoms with Gasteiger partial charge in [0.1, 0.15) is 0 Å². The van der Waals surface area contributed by atoms with Crippen molar-refractivity contribution in [1.82, 2.24) is 4.90 Å². The second-order valence-electron chi connectivity index (χ2n) is 5.64. The van der Waals surface area contributed by atoms with Gasteiger partial charge in [-0.1, -0.05) is 35.9 Å². The van der Waals surface area contributed by atoms with Crippen molar-refractivity contribution in [2.45, 2.75) is 20.0 Å². The van der Waals surface area contributed by atoms with E-state index in [1.54, 1.807) is 24.3 Å². The molecule has 2 aromatic rings. The fraction of sp³-hybridized carbons (Fsp3) is 0.222. The summed E-state index contributed by atoms with van der Waals surface area (Å²) in [5.74, 6) is -0.686. The molecule has 1 atom stereocenters. The number of imide groups is 1. The Morgan fingerprint density at radius 3 is 2.14 bits per heavy atom. The van der Waals surface area contributed by atoms with Crippen LogP contribution in [0.25, 0.3) is 0 Å². The molecule has 0 bridgehead atoms. The molecular formula is C18H17NO3. The Morgan fingerprint density at radius 1 is 1.00 bits per heavy atom. The molecule has 4 heteroatoms. The third-order valence-corrected chi connectivity index (χ3v) is 4.02. The zero-order valence-corrected chi connectivity index (χ0v) is 12.5. The van der Waals surface area contributed by atoms with Gasteiger partial charge in [0.25, 0.3) is 11.8 Å². The first-order valence-corrected chi connectivity index (χ1v) is 7.19. The van der Waals surface area contributed by atoms with E-state index in [1.807, 2.05) is 32.0 Å². The number of aliphatic hydroxyl groups excluding tert-OH is 1. The van der Waals surface area contributed by atoms with E-state index in [1.165, 1.54) is 0 Å². The van der Waals surface area contributed by atoms with Crippen LogP contribution in [-0.4, -0.2) is 28.4 Å². The molecule has 1 N–H and O–H groups in total. The molecule has 1 aliphatic rings. The number of rotatable bonds is 3. The molecular weight excluding hydrogens is 278 g/mol. The summed E-state index contributed by atoms with van der Waals surface area (Å²) in [5, 5.41) is 10.4. The van der Waals surface area contributed by atoms with E-state index in [9.17, 15) is 14.7 Å². The largest absolute Gasteiger partial charge is 0.387 e. The Morgan fingerprint density at radius 2 is 1.59 bits per heavy atom. The van der Waals surface area contributed by atoms with Gasteiger partial charge in [0.2, 0.25) is 0 Å². The average Bonchev–Trinajstić information content (AvgIpc) is 2.73. The molecule has 0 aromatic heterocycles. The molecule has 0 aliphatic carbocycles. The summed E-state index contributed by atoms with van der Waals surface area (Å²) in [4.78, 5) is 25.7. The van der Waals surface area contributed by atoms with Gasteiger partial charge in [0, 0.05) is 0 Å². The third-order valence-electron chi connectivity index (χ3n) is 4.02. The minimum Gasteiger partial charge on any atom is -0.387 e. The zero-order chi connectivity index (χ0) is 15.9. The molecule has 0 spiro atoms. The average molecular weight is 295 g/mol. The summed E-state index contributed by atoms with van der Waals surface area (Å²) in [5.41, 5.74) is 3.60. The van der Waals surface area contributed by atoms with E-state index in [2.05, 4.69) is 0 Å². The lowest BCUT2D eigenvalue weighted by Gasteiger charge is -2.20. The fourth-order valence-corrected chi connectivity index (χ4v) is 2.88. The van der Waals surface area contributed by atoms with Crippen molar-refractivity contribution in [2.24, 2.45) is 0 Å². The molecule has 0 fully saturated rings. The van der Waals surface area contributed by atoms with Gasteiger partial charge in [-0.15, -0.1) is 0 Å². The fourth-order valence-electron chi connectivity index (χ4n) is 2.88. The van der Waals surface area contributed by atoms with Gasteiger partial charge in [-0.25, -0.2) is 0 Å². The Kier molecular flexibility index (Phi) is 3.54. The number of β-amino-alcohol motifs (C(OH)–C–C–N with tert-alkyl or cyclic N) is 1. The van der Waals surface area contributed by atoms with Gasteiger partial charge in [-0.2, -0.15) is 0 Å². The molecule has 4 nitrogen and oxygen atoms in total. The SMILES string of the molecule is Cc1ccc(C(O)CN2C(=O)c3ccccc3C2=O)c(C)c1. The van der Waals surface area contributed by atoms with Gasteiger partial charge in [0.15, 0.2) is 0 Å². The molecule has 0 saturated carbocycles. The molecule has 0 radical (unpaired) electrons. The van der Waals surface area contributed by atoms with Gasteiger partial charge in [0.05, 0.1) is 23.8 Å². The van der Waals surface area contributed by atoms with Gasteiger partial charge >= 0.3 is 0 Å². The van der Waals surface area contributed by atoms with Crippen LogP contribution in [0.15, 0.2) is 42.5 Å². The smallest absolute Gasteiger partial charge is 0.261 e. The highest BCUT2D eigenvalue weighted by Gasteiger charge is 2.36. The molecule has 1 aliphatic heterocycles. The number of hydrogen-bond acceptors (Lipinski definition) is 3. The maximum atomic E-state index is 12.3. The van der Waals surface area contributed by atoms with Crippen molar-refractivity contribution in [1.29, 1.82) is 0 Å². The van der Waals surface area contributed by atoms with E-state index in [4.69, 9.17) is 0 Å². The first-order valence-electron chi connectivity index (χ1n) is 7.19. The van der Waals surface area contributed by atoms with Crippen LogP contribution in [0, 0.1) is 13.8 Å². The third kappa shape index (κ3) is 2.31. The Hall–Kier alpha value is -2.46. The van der Waals surface area contributed by atoms with E-state index in [-0.39, 0.29) is 18.4 Å². The number of carbonyl (C=O) groups is 2. The normalized spacial score (nSPS) is 15.1. The first kappa shape index (κ1) is 14.5. The number of hydrogen-bond donors (Lipinski definition) is 1. The van der Waals surface area contributed by atoms with Crippen LogP contribution in [0.5, 0.6) is 0 Å². The minimum absolute atomic E-state index is 0.0315. The van der Waals surface area contributed by atoms with Gasteiger partial charge in [-0.3, -0.25) is 14.5 Å². The first-order chi connectivity index (χ1) is 10.5. The Labute approximate surface area is 129 Å². The predicted octanol–water partition coefficient (Wildman–Crippen LogP) is 2.63. The second kappa shape index (κ2) is 5.39. The number of fused-ring (bicyclic) bond motifs is 1. The van der Waals surface area contributed by atoms with Crippen molar-refractivity contribution in [3.05, 3.63) is 70.3 Å². The molecule has 112 valence electrons. The number of aryl methyl sites for hydroxylation is 2. The van der Waals surface area contributed by atoms with E-state index in [0.717, 1.165) is 21.6 Å². The van der Waals surface area contributed by atoms with Crippen LogP contribution in [-0.2, 0) is 0 Å². The minimum atomic E-state index is -0.886. The molecule has 2 amide bonds. The Bertz CT molecular complexity index is 732. The molecule has 1 unspecified atom stereocenters. The lowest BCUT2D eigenvalue weighted by Crippen LogP contribution is -2.34. The highest BCUT2D eigenvalue weighted by Crippen LogP contribution is 2.26. The highest BCUT2D eigenvalue weighted by molar-refractivity contribution is 6.21. The summed E-state index contributed by atoms with van der Waals surface area (Å²) < 4.78 is 0. The standard InChI is InChI=1S/C18H17NO3/c1-11-7-8-13(12(2)9-11)16(20)10-19-17(21)14-5-3-4-6-15(14)18(19)22/h3-9,16,20H,10H2,1-2H3. The van der Waals surface area contributed by atoms with Crippen molar-refractivity contribution >= 4 is 11.8 Å². The number of aliphatic hydroxyl groups is 1. The number of benzene rings is 2. The maximum Gasteiger partial charge on any atom is 0.261 e. The number of amides is 2.